The Hall–Kier alpha value is -1.48. The van der Waals surface area contributed by atoms with Gasteiger partial charge in [-0.25, -0.2) is 0 Å². The third-order valence-corrected chi connectivity index (χ3v) is 2.25. The normalized spacial score (nSPS) is 12.4. The van der Waals surface area contributed by atoms with Crippen molar-refractivity contribution < 1.29 is 5.11 Å². The van der Waals surface area contributed by atoms with Crippen molar-refractivity contribution in [3.8, 4) is 5.75 Å². The first-order valence-corrected chi connectivity index (χ1v) is 4.59. The van der Waals surface area contributed by atoms with Crippen molar-refractivity contribution in [1.82, 2.24) is 0 Å². The predicted molar refractivity (Wildman–Crippen MR) is 59.0 cm³/mol. The third-order valence-electron chi connectivity index (χ3n) is 2.25. The summed E-state index contributed by atoms with van der Waals surface area (Å²) in [5.41, 5.74) is 13.5. The molecule has 0 spiro atoms. The van der Waals surface area contributed by atoms with Gasteiger partial charge in [-0.05, 0) is 18.1 Å². The van der Waals surface area contributed by atoms with Gasteiger partial charge in [0.25, 0.3) is 0 Å². The molecule has 76 valence electrons. The number of phenols is 1. The number of benzene rings is 1. The summed E-state index contributed by atoms with van der Waals surface area (Å²) in [6.45, 7) is 5.61. The summed E-state index contributed by atoms with van der Waals surface area (Å²) < 4.78 is 0. The molecule has 0 aliphatic heterocycles. The van der Waals surface area contributed by atoms with Gasteiger partial charge in [0.1, 0.15) is 5.75 Å². The topological polar surface area (TPSA) is 72.3 Å². The maximum atomic E-state index is 9.67. The Labute approximate surface area is 84.0 Å². The predicted octanol–water partition coefficient (Wildman–Crippen LogP) is 1.72. The van der Waals surface area contributed by atoms with E-state index in [1.165, 1.54) is 0 Å². The minimum atomic E-state index is -0.371. The van der Waals surface area contributed by atoms with Crippen molar-refractivity contribution in [2.24, 2.45) is 5.73 Å². The van der Waals surface area contributed by atoms with Crippen LogP contribution in [0.15, 0.2) is 24.8 Å². The summed E-state index contributed by atoms with van der Waals surface area (Å²) in [6, 6.07) is 3.25. The molecule has 0 saturated heterocycles. The Balaban J connectivity index is 3.26. The van der Waals surface area contributed by atoms with Crippen LogP contribution in [0, 0.1) is 0 Å². The Morgan fingerprint density at radius 3 is 2.71 bits per heavy atom. The number of hydrogen-bond donors (Lipinski definition) is 3. The van der Waals surface area contributed by atoms with E-state index in [9.17, 15) is 5.11 Å². The minimum absolute atomic E-state index is 0.0644. The average Bonchev–Trinajstić information content (AvgIpc) is 2.20. The summed E-state index contributed by atoms with van der Waals surface area (Å²) in [5, 5.41) is 9.67. The fourth-order valence-electron chi connectivity index (χ4n) is 1.33. The SMILES string of the molecule is C=CC(N)c1cc(CC)cc(N)c1O. The third kappa shape index (κ3) is 1.88. The van der Waals surface area contributed by atoms with Crippen LogP contribution in [0.2, 0.25) is 0 Å². The summed E-state index contributed by atoms with van der Waals surface area (Å²) in [6.07, 6.45) is 2.44. The molecule has 3 nitrogen and oxygen atoms in total. The average molecular weight is 192 g/mol. The number of nitrogens with two attached hydrogens (primary N) is 2. The lowest BCUT2D eigenvalue weighted by molar-refractivity contribution is 0.468. The lowest BCUT2D eigenvalue weighted by atomic mass is 10.0. The number of nitrogen functional groups attached to an aromatic ring is 1. The van der Waals surface area contributed by atoms with Gasteiger partial charge in [0.05, 0.1) is 11.7 Å². The van der Waals surface area contributed by atoms with Gasteiger partial charge in [-0.15, -0.1) is 6.58 Å². The van der Waals surface area contributed by atoms with Crippen LogP contribution in [0.3, 0.4) is 0 Å². The lowest BCUT2D eigenvalue weighted by Gasteiger charge is -2.12. The second-order valence-corrected chi connectivity index (χ2v) is 3.24. The molecule has 0 fully saturated rings. The number of anilines is 1. The van der Waals surface area contributed by atoms with Crippen LogP contribution < -0.4 is 11.5 Å². The van der Waals surface area contributed by atoms with Gasteiger partial charge < -0.3 is 16.6 Å². The number of aromatic hydroxyl groups is 1. The second-order valence-electron chi connectivity index (χ2n) is 3.24. The van der Waals surface area contributed by atoms with Crippen molar-refractivity contribution in [2.45, 2.75) is 19.4 Å². The molecule has 14 heavy (non-hydrogen) atoms. The molecule has 0 amide bonds. The van der Waals surface area contributed by atoms with Crippen LogP contribution in [-0.4, -0.2) is 5.11 Å². The molecule has 0 radical (unpaired) electrons. The van der Waals surface area contributed by atoms with Crippen LogP contribution in [0.4, 0.5) is 5.69 Å². The number of rotatable bonds is 3. The number of hydrogen-bond acceptors (Lipinski definition) is 3. The summed E-state index contributed by atoms with van der Waals surface area (Å²) in [5.74, 6) is 0.0644. The van der Waals surface area contributed by atoms with Crippen molar-refractivity contribution in [3.63, 3.8) is 0 Å². The van der Waals surface area contributed by atoms with E-state index in [1.54, 1.807) is 12.1 Å². The second kappa shape index (κ2) is 4.15. The van der Waals surface area contributed by atoms with Crippen LogP contribution in [0.25, 0.3) is 0 Å². The molecule has 1 unspecified atom stereocenters. The smallest absolute Gasteiger partial charge is 0.143 e. The van der Waals surface area contributed by atoms with E-state index in [0.717, 1.165) is 12.0 Å². The fourth-order valence-corrected chi connectivity index (χ4v) is 1.33. The van der Waals surface area contributed by atoms with E-state index in [2.05, 4.69) is 6.58 Å². The molecule has 0 bridgehead atoms. The van der Waals surface area contributed by atoms with E-state index < -0.39 is 0 Å². The first-order valence-electron chi connectivity index (χ1n) is 4.59. The van der Waals surface area contributed by atoms with Gasteiger partial charge in [0.15, 0.2) is 0 Å². The molecule has 3 heteroatoms. The first kappa shape index (κ1) is 10.6. The number of phenolic OH excluding ortho intramolecular Hbond substituents is 1. The Morgan fingerprint density at radius 2 is 2.21 bits per heavy atom. The van der Waals surface area contributed by atoms with E-state index in [1.807, 2.05) is 13.0 Å². The van der Waals surface area contributed by atoms with Crippen molar-refractivity contribution in [2.75, 3.05) is 5.73 Å². The quantitative estimate of drug-likeness (QED) is 0.388. The first-order chi connectivity index (χ1) is 6.60. The molecule has 1 aromatic carbocycles. The van der Waals surface area contributed by atoms with Crippen LogP contribution in [0.1, 0.15) is 24.1 Å². The molecular formula is C11H16N2O. The highest BCUT2D eigenvalue weighted by Gasteiger charge is 2.11. The van der Waals surface area contributed by atoms with E-state index >= 15 is 0 Å². The summed E-state index contributed by atoms with van der Waals surface area (Å²) in [4.78, 5) is 0. The maximum absolute atomic E-state index is 9.67. The van der Waals surface area contributed by atoms with Crippen LogP contribution in [0.5, 0.6) is 5.75 Å². The maximum Gasteiger partial charge on any atom is 0.143 e. The Morgan fingerprint density at radius 1 is 1.57 bits per heavy atom. The van der Waals surface area contributed by atoms with Crippen molar-refractivity contribution >= 4 is 5.69 Å². The largest absolute Gasteiger partial charge is 0.505 e. The molecule has 0 aromatic heterocycles. The molecule has 1 atom stereocenters. The summed E-state index contributed by atoms with van der Waals surface area (Å²) in [7, 11) is 0. The van der Waals surface area contributed by atoms with Gasteiger partial charge >= 0.3 is 0 Å². The highest BCUT2D eigenvalue weighted by molar-refractivity contribution is 5.59. The van der Waals surface area contributed by atoms with Gasteiger partial charge in [-0.1, -0.05) is 19.1 Å². The molecule has 0 aliphatic rings. The van der Waals surface area contributed by atoms with Crippen LogP contribution >= 0.6 is 0 Å². The Kier molecular flexibility index (Phi) is 3.14. The fraction of sp³-hybridized carbons (Fsp3) is 0.273. The van der Waals surface area contributed by atoms with Gasteiger partial charge in [-0.2, -0.15) is 0 Å². The molecule has 0 aliphatic carbocycles. The standard InChI is InChI=1S/C11H16N2O/c1-3-7-5-8(9(12)4-2)11(14)10(13)6-7/h4-6,9,14H,2-3,12-13H2,1H3. The molecule has 0 saturated carbocycles. The highest BCUT2D eigenvalue weighted by Crippen LogP contribution is 2.31. The molecule has 0 heterocycles. The zero-order valence-corrected chi connectivity index (χ0v) is 8.33. The van der Waals surface area contributed by atoms with Gasteiger partial charge in [-0.3, -0.25) is 0 Å². The number of aryl methyl sites for hydroxylation is 1. The van der Waals surface area contributed by atoms with E-state index in [4.69, 9.17) is 11.5 Å². The van der Waals surface area contributed by atoms with E-state index in [-0.39, 0.29) is 11.8 Å². The highest BCUT2D eigenvalue weighted by atomic mass is 16.3. The van der Waals surface area contributed by atoms with Crippen LogP contribution in [-0.2, 0) is 6.42 Å². The minimum Gasteiger partial charge on any atom is -0.505 e. The van der Waals surface area contributed by atoms with Gasteiger partial charge in [0.2, 0.25) is 0 Å². The van der Waals surface area contributed by atoms with Crippen molar-refractivity contribution in [1.29, 1.82) is 0 Å². The Bertz CT molecular complexity index is 347. The monoisotopic (exact) mass is 192 g/mol. The molecule has 5 N–H and O–H groups in total. The zero-order valence-electron chi connectivity index (χ0n) is 8.33. The van der Waals surface area contributed by atoms with Crippen molar-refractivity contribution in [3.05, 3.63) is 35.9 Å². The lowest BCUT2D eigenvalue weighted by Crippen LogP contribution is -2.08. The van der Waals surface area contributed by atoms with E-state index in [0.29, 0.717) is 11.3 Å². The zero-order chi connectivity index (χ0) is 10.7. The van der Waals surface area contributed by atoms with Gasteiger partial charge in [0, 0.05) is 5.56 Å². The molecular weight excluding hydrogens is 176 g/mol. The summed E-state index contributed by atoms with van der Waals surface area (Å²) >= 11 is 0. The molecule has 1 rings (SSSR count). The molecule has 1 aromatic rings.